The van der Waals surface area contributed by atoms with Gasteiger partial charge >= 0.3 is 0 Å². The quantitative estimate of drug-likeness (QED) is 0.878. The van der Waals surface area contributed by atoms with Gasteiger partial charge in [-0.25, -0.2) is 0 Å². The largest absolute Gasteiger partial charge is 0.392 e. The molecule has 0 saturated heterocycles. The molecule has 0 fully saturated rings. The van der Waals surface area contributed by atoms with Crippen molar-refractivity contribution in [3.05, 3.63) is 69.7 Å². The van der Waals surface area contributed by atoms with E-state index in [1.165, 1.54) is 11.1 Å². The molecule has 0 spiro atoms. The van der Waals surface area contributed by atoms with E-state index in [-0.39, 0.29) is 6.61 Å². The number of benzene rings is 2. The van der Waals surface area contributed by atoms with Gasteiger partial charge in [-0.15, -0.1) is 0 Å². The Kier molecular flexibility index (Phi) is 5.14. The summed E-state index contributed by atoms with van der Waals surface area (Å²) in [5, 5.41) is 12.5. The Labute approximate surface area is 122 Å². The molecule has 3 heteroatoms. The molecule has 0 aromatic heterocycles. The van der Waals surface area contributed by atoms with E-state index in [4.69, 9.17) is 5.11 Å². The van der Waals surface area contributed by atoms with Crippen molar-refractivity contribution in [3.8, 4) is 0 Å². The molecular weight excluding hydrogens is 302 g/mol. The first-order valence-electron chi connectivity index (χ1n) is 6.36. The van der Waals surface area contributed by atoms with Crippen LogP contribution in [0.2, 0.25) is 0 Å². The molecule has 0 saturated carbocycles. The van der Waals surface area contributed by atoms with Gasteiger partial charge in [-0.05, 0) is 35.7 Å². The van der Waals surface area contributed by atoms with Gasteiger partial charge in [-0.3, -0.25) is 0 Å². The summed E-state index contributed by atoms with van der Waals surface area (Å²) in [5.74, 6) is 0. The Morgan fingerprint density at radius 2 is 1.79 bits per heavy atom. The van der Waals surface area contributed by atoms with Gasteiger partial charge in [0.25, 0.3) is 0 Å². The number of hydrogen-bond donors (Lipinski definition) is 2. The Balaban J connectivity index is 1.94. The van der Waals surface area contributed by atoms with Crippen LogP contribution in [0.5, 0.6) is 0 Å². The van der Waals surface area contributed by atoms with Crippen molar-refractivity contribution >= 4 is 15.9 Å². The highest BCUT2D eigenvalue weighted by molar-refractivity contribution is 9.10. The van der Waals surface area contributed by atoms with E-state index in [0.29, 0.717) is 6.04 Å². The van der Waals surface area contributed by atoms with Crippen LogP contribution in [0.15, 0.2) is 53.0 Å². The highest BCUT2D eigenvalue weighted by Gasteiger charge is 2.05. The number of aliphatic hydroxyl groups is 1. The van der Waals surface area contributed by atoms with Crippen molar-refractivity contribution in [1.29, 1.82) is 0 Å². The minimum absolute atomic E-state index is 0.0994. The summed E-state index contributed by atoms with van der Waals surface area (Å²) in [6, 6.07) is 16.6. The molecule has 0 bridgehead atoms. The number of nitrogens with one attached hydrogen (secondary N) is 1. The smallest absolute Gasteiger partial charge is 0.0681 e. The zero-order chi connectivity index (χ0) is 13.7. The third kappa shape index (κ3) is 4.16. The van der Waals surface area contributed by atoms with Gasteiger partial charge in [0.05, 0.1) is 6.61 Å². The van der Waals surface area contributed by atoms with Crippen LogP contribution in [0.3, 0.4) is 0 Å². The lowest BCUT2D eigenvalue weighted by atomic mass is 10.1. The van der Waals surface area contributed by atoms with Gasteiger partial charge in [0.1, 0.15) is 0 Å². The van der Waals surface area contributed by atoms with E-state index in [0.717, 1.165) is 16.6 Å². The van der Waals surface area contributed by atoms with Crippen LogP contribution < -0.4 is 5.32 Å². The lowest BCUT2D eigenvalue weighted by molar-refractivity contribution is 0.282. The van der Waals surface area contributed by atoms with Crippen molar-refractivity contribution in [2.75, 3.05) is 0 Å². The van der Waals surface area contributed by atoms with E-state index in [1.54, 1.807) is 0 Å². The second-order valence-electron chi connectivity index (χ2n) is 4.63. The van der Waals surface area contributed by atoms with Gasteiger partial charge in [0.2, 0.25) is 0 Å². The molecule has 0 aliphatic heterocycles. The first kappa shape index (κ1) is 14.3. The number of halogens is 1. The standard InChI is InChI=1S/C16H18BrNO/c1-12(15-3-2-4-16(17)9-15)18-10-13-5-7-14(11-19)8-6-13/h2-9,12,18-19H,10-11H2,1H3/t12-/m0/s1. The molecule has 0 amide bonds. The average molecular weight is 320 g/mol. The van der Waals surface area contributed by atoms with Crippen LogP contribution in [-0.4, -0.2) is 5.11 Å². The van der Waals surface area contributed by atoms with Crippen molar-refractivity contribution < 1.29 is 5.11 Å². The first-order valence-corrected chi connectivity index (χ1v) is 7.16. The van der Waals surface area contributed by atoms with Crippen LogP contribution in [0.4, 0.5) is 0 Å². The fourth-order valence-corrected chi connectivity index (χ4v) is 2.34. The van der Waals surface area contributed by atoms with Crippen LogP contribution in [0.25, 0.3) is 0 Å². The third-order valence-corrected chi connectivity index (χ3v) is 3.66. The molecule has 2 nitrogen and oxygen atoms in total. The minimum atomic E-state index is 0.0994. The molecule has 0 radical (unpaired) electrons. The van der Waals surface area contributed by atoms with Gasteiger partial charge in [0.15, 0.2) is 0 Å². The Morgan fingerprint density at radius 3 is 2.42 bits per heavy atom. The van der Waals surface area contributed by atoms with E-state index in [2.05, 4.69) is 40.3 Å². The zero-order valence-corrected chi connectivity index (χ0v) is 12.5. The second kappa shape index (κ2) is 6.85. The fraction of sp³-hybridized carbons (Fsp3) is 0.250. The predicted molar refractivity (Wildman–Crippen MR) is 81.8 cm³/mol. The van der Waals surface area contributed by atoms with Gasteiger partial charge in [0, 0.05) is 17.1 Å². The summed E-state index contributed by atoms with van der Waals surface area (Å²) in [7, 11) is 0. The molecule has 19 heavy (non-hydrogen) atoms. The maximum absolute atomic E-state index is 9.00. The third-order valence-electron chi connectivity index (χ3n) is 3.17. The van der Waals surface area contributed by atoms with Gasteiger partial charge in [-0.1, -0.05) is 52.3 Å². The summed E-state index contributed by atoms with van der Waals surface area (Å²) < 4.78 is 1.10. The second-order valence-corrected chi connectivity index (χ2v) is 5.55. The predicted octanol–water partition coefficient (Wildman–Crippen LogP) is 3.79. The number of aliphatic hydroxyl groups excluding tert-OH is 1. The number of rotatable bonds is 5. The fourth-order valence-electron chi connectivity index (χ4n) is 1.93. The molecule has 1 atom stereocenters. The van der Waals surface area contributed by atoms with Gasteiger partial charge < -0.3 is 10.4 Å². The maximum Gasteiger partial charge on any atom is 0.0681 e. The normalized spacial score (nSPS) is 12.4. The zero-order valence-electron chi connectivity index (χ0n) is 10.9. The van der Waals surface area contributed by atoms with Crippen molar-refractivity contribution in [2.45, 2.75) is 26.1 Å². The maximum atomic E-state index is 9.00. The topological polar surface area (TPSA) is 32.3 Å². The molecule has 0 heterocycles. The Morgan fingerprint density at radius 1 is 1.11 bits per heavy atom. The SMILES string of the molecule is C[C@H](NCc1ccc(CO)cc1)c1cccc(Br)c1. The van der Waals surface area contributed by atoms with E-state index in [1.807, 2.05) is 36.4 Å². The summed E-state index contributed by atoms with van der Waals surface area (Å²) in [5.41, 5.74) is 3.43. The highest BCUT2D eigenvalue weighted by atomic mass is 79.9. The van der Waals surface area contributed by atoms with Crippen LogP contribution in [0.1, 0.15) is 29.7 Å². The molecule has 2 rings (SSSR count). The molecule has 0 aliphatic carbocycles. The molecule has 2 N–H and O–H groups in total. The van der Waals surface area contributed by atoms with Crippen LogP contribution in [-0.2, 0) is 13.2 Å². The lowest BCUT2D eigenvalue weighted by Gasteiger charge is -2.14. The Bertz CT molecular complexity index is 525. The minimum Gasteiger partial charge on any atom is -0.392 e. The van der Waals surface area contributed by atoms with Crippen molar-refractivity contribution in [3.63, 3.8) is 0 Å². The monoisotopic (exact) mass is 319 g/mol. The number of hydrogen-bond acceptors (Lipinski definition) is 2. The molecular formula is C16H18BrNO. The summed E-state index contributed by atoms with van der Waals surface area (Å²) >= 11 is 3.49. The van der Waals surface area contributed by atoms with E-state index in [9.17, 15) is 0 Å². The molecule has 2 aromatic carbocycles. The average Bonchev–Trinajstić information content (AvgIpc) is 2.45. The van der Waals surface area contributed by atoms with Crippen molar-refractivity contribution in [2.24, 2.45) is 0 Å². The highest BCUT2D eigenvalue weighted by Crippen LogP contribution is 2.18. The van der Waals surface area contributed by atoms with Crippen LogP contribution in [0, 0.1) is 0 Å². The Hall–Kier alpha value is -1.16. The summed E-state index contributed by atoms with van der Waals surface area (Å²) in [4.78, 5) is 0. The first-order chi connectivity index (χ1) is 9.19. The molecule has 100 valence electrons. The van der Waals surface area contributed by atoms with Crippen molar-refractivity contribution in [1.82, 2.24) is 5.32 Å². The summed E-state index contributed by atoms with van der Waals surface area (Å²) in [6.07, 6.45) is 0. The molecule has 0 unspecified atom stereocenters. The van der Waals surface area contributed by atoms with Gasteiger partial charge in [-0.2, -0.15) is 0 Å². The van der Waals surface area contributed by atoms with E-state index < -0.39 is 0 Å². The molecule has 0 aliphatic rings. The lowest BCUT2D eigenvalue weighted by Crippen LogP contribution is -2.18. The molecule has 2 aromatic rings. The summed E-state index contributed by atoms with van der Waals surface area (Å²) in [6.45, 7) is 3.07. The van der Waals surface area contributed by atoms with E-state index >= 15 is 0 Å². The van der Waals surface area contributed by atoms with Crippen LogP contribution >= 0.6 is 15.9 Å².